The van der Waals surface area contributed by atoms with Crippen molar-refractivity contribution in [2.75, 3.05) is 25.4 Å². The van der Waals surface area contributed by atoms with Crippen molar-refractivity contribution in [2.24, 2.45) is 0 Å². The van der Waals surface area contributed by atoms with E-state index >= 15 is 0 Å². The Morgan fingerprint density at radius 2 is 1.80 bits per heavy atom. The van der Waals surface area contributed by atoms with Crippen LogP contribution in [0.1, 0.15) is 30.8 Å². The molecule has 164 valence electrons. The molecule has 2 heterocycles. The molecule has 1 N–H and O–H groups in total. The Morgan fingerprint density at radius 1 is 1.17 bits per heavy atom. The van der Waals surface area contributed by atoms with Crippen LogP contribution in [-0.4, -0.2) is 66.0 Å². The molecule has 8 nitrogen and oxygen atoms in total. The number of sulfonamides is 1. The summed E-state index contributed by atoms with van der Waals surface area (Å²) in [5, 5.41) is 7.29. The van der Waals surface area contributed by atoms with Crippen molar-refractivity contribution >= 4 is 15.9 Å². The van der Waals surface area contributed by atoms with E-state index in [1.807, 2.05) is 62.7 Å². The second kappa shape index (κ2) is 9.28. The summed E-state index contributed by atoms with van der Waals surface area (Å²) in [4.78, 5) is 12.5. The van der Waals surface area contributed by atoms with Gasteiger partial charge in [0.05, 0.1) is 35.8 Å². The number of amides is 1. The Balaban J connectivity index is 1.57. The second-order valence-corrected chi connectivity index (χ2v) is 9.90. The van der Waals surface area contributed by atoms with E-state index in [2.05, 4.69) is 10.4 Å². The van der Waals surface area contributed by atoms with Crippen LogP contribution in [0.4, 0.5) is 0 Å². The smallest absolute Gasteiger partial charge is 0.224 e. The second-order valence-electron chi connectivity index (χ2n) is 7.81. The minimum atomic E-state index is -3.44. The number of morpholine rings is 1. The number of aromatic nitrogens is 2. The monoisotopic (exact) mass is 434 g/mol. The highest BCUT2D eigenvalue weighted by molar-refractivity contribution is 7.89. The van der Waals surface area contributed by atoms with Gasteiger partial charge >= 0.3 is 0 Å². The first-order valence-corrected chi connectivity index (χ1v) is 11.8. The summed E-state index contributed by atoms with van der Waals surface area (Å²) in [5.74, 6) is -0.341. The Morgan fingerprint density at radius 3 is 2.43 bits per heavy atom. The van der Waals surface area contributed by atoms with Gasteiger partial charge in [0, 0.05) is 30.9 Å². The summed E-state index contributed by atoms with van der Waals surface area (Å²) in [6, 6.07) is 9.74. The molecule has 3 rings (SSSR count). The highest BCUT2D eigenvalue weighted by Crippen LogP contribution is 2.18. The third-order valence-electron chi connectivity index (χ3n) is 5.24. The molecule has 2 atom stereocenters. The third-order valence-corrected chi connectivity index (χ3v) is 7.05. The van der Waals surface area contributed by atoms with E-state index in [9.17, 15) is 13.2 Å². The van der Waals surface area contributed by atoms with Crippen LogP contribution in [0.5, 0.6) is 0 Å². The summed E-state index contributed by atoms with van der Waals surface area (Å²) in [6.07, 6.45) is -0.105. The van der Waals surface area contributed by atoms with Crippen molar-refractivity contribution in [1.82, 2.24) is 19.4 Å². The number of rotatable bonds is 7. The number of nitrogens with one attached hydrogen (secondary N) is 1. The molecule has 1 aliphatic rings. The zero-order valence-electron chi connectivity index (χ0n) is 18.0. The summed E-state index contributed by atoms with van der Waals surface area (Å²) >= 11 is 0. The van der Waals surface area contributed by atoms with Gasteiger partial charge in [-0.3, -0.25) is 4.79 Å². The fourth-order valence-electron chi connectivity index (χ4n) is 3.78. The summed E-state index contributed by atoms with van der Waals surface area (Å²) in [7, 11) is -3.44. The molecule has 1 aliphatic heterocycles. The minimum absolute atomic E-state index is 0.0756. The standard InChI is InChI=1S/C21H30N4O4S/c1-15-13-24(14-16(2)29-15)30(27,28)11-10-22-21(26)12-20-17(3)23-25(18(20)4)19-8-6-5-7-9-19/h5-9,15-16H,10-14H2,1-4H3,(H,22,26)/t15-,16-/m0/s1. The van der Waals surface area contributed by atoms with E-state index in [0.717, 1.165) is 22.6 Å². The molecule has 1 fully saturated rings. The molecule has 9 heteroatoms. The maximum absolute atomic E-state index is 12.6. The van der Waals surface area contributed by atoms with E-state index in [4.69, 9.17) is 4.74 Å². The van der Waals surface area contributed by atoms with E-state index in [1.54, 1.807) is 0 Å². The topological polar surface area (TPSA) is 93.5 Å². The van der Waals surface area contributed by atoms with Gasteiger partial charge in [-0.15, -0.1) is 0 Å². The first kappa shape index (κ1) is 22.5. The Labute approximate surface area is 178 Å². The highest BCUT2D eigenvalue weighted by atomic mass is 32.2. The molecule has 0 aliphatic carbocycles. The molecule has 0 bridgehead atoms. The zero-order chi connectivity index (χ0) is 21.9. The Kier molecular flexibility index (Phi) is 6.95. The van der Waals surface area contributed by atoms with Crippen LogP contribution in [0.3, 0.4) is 0 Å². The van der Waals surface area contributed by atoms with Crippen molar-refractivity contribution in [1.29, 1.82) is 0 Å². The van der Waals surface area contributed by atoms with E-state index in [-0.39, 0.29) is 36.8 Å². The summed E-state index contributed by atoms with van der Waals surface area (Å²) in [6.45, 7) is 8.29. The molecule has 2 aromatic rings. The lowest BCUT2D eigenvalue weighted by molar-refractivity contribution is -0.120. The normalized spacial score (nSPS) is 20.3. The van der Waals surface area contributed by atoms with E-state index in [0.29, 0.717) is 13.1 Å². The Hall–Kier alpha value is -2.23. The van der Waals surface area contributed by atoms with Gasteiger partial charge in [0.1, 0.15) is 0 Å². The predicted octanol–water partition coefficient (Wildman–Crippen LogP) is 1.59. The molecule has 0 saturated carbocycles. The van der Waals surface area contributed by atoms with Crippen LogP contribution in [-0.2, 0) is 26.0 Å². The number of carbonyl (C=O) groups excluding carboxylic acids is 1. The van der Waals surface area contributed by atoms with Crippen molar-refractivity contribution in [2.45, 2.75) is 46.3 Å². The van der Waals surface area contributed by atoms with Crippen molar-refractivity contribution in [3.05, 3.63) is 47.3 Å². The largest absolute Gasteiger partial charge is 0.373 e. The number of nitrogens with zero attached hydrogens (tertiary/aromatic N) is 3. The maximum Gasteiger partial charge on any atom is 0.224 e. The molecular weight excluding hydrogens is 404 g/mol. The predicted molar refractivity (Wildman–Crippen MR) is 115 cm³/mol. The van der Waals surface area contributed by atoms with Gasteiger partial charge < -0.3 is 10.1 Å². The fourth-order valence-corrected chi connectivity index (χ4v) is 5.27. The van der Waals surface area contributed by atoms with Gasteiger partial charge in [0.25, 0.3) is 0 Å². The molecule has 1 aromatic heterocycles. The number of ether oxygens (including phenoxy) is 1. The van der Waals surface area contributed by atoms with Crippen LogP contribution in [0, 0.1) is 13.8 Å². The number of hydrogen-bond donors (Lipinski definition) is 1. The number of carbonyl (C=O) groups is 1. The fraction of sp³-hybridized carbons (Fsp3) is 0.524. The van der Waals surface area contributed by atoms with Crippen LogP contribution < -0.4 is 5.32 Å². The molecular formula is C21H30N4O4S. The van der Waals surface area contributed by atoms with Crippen LogP contribution >= 0.6 is 0 Å². The first-order chi connectivity index (χ1) is 14.2. The molecule has 1 saturated heterocycles. The molecule has 1 aromatic carbocycles. The van der Waals surface area contributed by atoms with Gasteiger partial charge in [0.2, 0.25) is 15.9 Å². The number of para-hydroxylation sites is 1. The summed E-state index contributed by atoms with van der Waals surface area (Å²) < 4.78 is 34.1. The van der Waals surface area contributed by atoms with Gasteiger partial charge in [-0.25, -0.2) is 13.1 Å². The van der Waals surface area contributed by atoms with Crippen molar-refractivity contribution in [3.63, 3.8) is 0 Å². The van der Waals surface area contributed by atoms with Gasteiger partial charge in [-0.05, 0) is 39.8 Å². The zero-order valence-corrected chi connectivity index (χ0v) is 18.8. The lowest BCUT2D eigenvalue weighted by Gasteiger charge is -2.34. The van der Waals surface area contributed by atoms with Gasteiger partial charge in [0.15, 0.2) is 0 Å². The SMILES string of the molecule is Cc1nn(-c2ccccc2)c(C)c1CC(=O)NCCS(=O)(=O)N1C[C@H](C)O[C@@H](C)C1. The lowest BCUT2D eigenvalue weighted by Crippen LogP contribution is -2.49. The molecule has 30 heavy (non-hydrogen) atoms. The lowest BCUT2D eigenvalue weighted by atomic mass is 10.1. The average Bonchev–Trinajstić information content (AvgIpc) is 2.96. The van der Waals surface area contributed by atoms with Crippen molar-refractivity contribution in [3.8, 4) is 5.69 Å². The highest BCUT2D eigenvalue weighted by Gasteiger charge is 2.30. The van der Waals surface area contributed by atoms with E-state index in [1.165, 1.54) is 4.31 Å². The number of hydrogen-bond acceptors (Lipinski definition) is 5. The van der Waals surface area contributed by atoms with Crippen LogP contribution in [0.15, 0.2) is 30.3 Å². The van der Waals surface area contributed by atoms with Gasteiger partial charge in [-0.1, -0.05) is 18.2 Å². The average molecular weight is 435 g/mol. The summed E-state index contributed by atoms with van der Waals surface area (Å²) in [5.41, 5.74) is 3.48. The van der Waals surface area contributed by atoms with Crippen molar-refractivity contribution < 1.29 is 17.9 Å². The first-order valence-electron chi connectivity index (χ1n) is 10.2. The van der Waals surface area contributed by atoms with Crippen LogP contribution in [0.2, 0.25) is 0 Å². The number of benzene rings is 1. The Bertz CT molecular complexity index is 978. The third kappa shape index (κ3) is 5.27. The molecule has 0 radical (unpaired) electrons. The molecule has 1 amide bonds. The quantitative estimate of drug-likeness (QED) is 0.714. The molecule has 0 unspecified atom stereocenters. The number of aryl methyl sites for hydroxylation is 1. The maximum atomic E-state index is 12.6. The minimum Gasteiger partial charge on any atom is -0.373 e. The van der Waals surface area contributed by atoms with E-state index < -0.39 is 10.0 Å². The van der Waals surface area contributed by atoms with Crippen LogP contribution in [0.25, 0.3) is 5.69 Å². The van der Waals surface area contributed by atoms with Gasteiger partial charge in [-0.2, -0.15) is 9.40 Å². The molecule has 0 spiro atoms.